The number of hydrogen-bond acceptors (Lipinski definition) is 2. The van der Waals surface area contributed by atoms with Crippen LogP contribution in [0.1, 0.15) is 11.4 Å². The highest BCUT2D eigenvalue weighted by atomic mass is 19.1. The SMILES string of the molecule is Fc1ccccc1-c1nc2c([nH]1)C=CNC2. The molecule has 80 valence electrons. The molecule has 0 fully saturated rings. The molecule has 2 aromatic rings. The van der Waals surface area contributed by atoms with E-state index in [0.717, 1.165) is 11.4 Å². The highest BCUT2D eigenvalue weighted by molar-refractivity contribution is 5.61. The number of hydrogen-bond donors (Lipinski definition) is 2. The summed E-state index contributed by atoms with van der Waals surface area (Å²) in [7, 11) is 0. The molecule has 0 spiro atoms. The van der Waals surface area contributed by atoms with Crippen molar-refractivity contribution in [2.75, 3.05) is 0 Å². The molecular weight excluding hydrogens is 205 g/mol. The molecule has 0 saturated carbocycles. The Bertz CT molecular complexity index is 557. The predicted octanol–water partition coefficient (Wildman–Crippen LogP) is 2.29. The van der Waals surface area contributed by atoms with Crippen LogP contribution in [0.25, 0.3) is 17.5 Å². The normalized spacial score (nSPS) is 13.3. The van der Waals surface area contributed by atoms with E-state index in [9.17, 15) is 4.39 Å². The summed E-state index contributed by atoms with van der Waals surface area (Å²) >= 11 is 0. The lowest BCUT2D eigenvalue weighted by molar-refractivity contribution is 0.630. The van der Waals surface area contributed by atoms with Crippen molar-refractivity contribution in [1.29, 1.82) is 0 Å². The van der Waals surface area contributed by atoms with Gasteiger partial charge in [-0.15, -0.1) is 0 Å². The third-order valence-electron chi connectivity index (χ3n) is 2.58. The number of fused-ring (bicyclic) bond motifs is 1. The number of imidazole rings is 1. The Morgan fingerprint density at radius 1 is 1.25 bits per heavy atom. The molecule has 2 heterocycles. The predicted molar refractivity (Wildman–Crippen MR) is 59.9 cm³/mol. The first-order valence-corrected chi connectivity index (χ1v) is 5.08. The van der Waals surface area contributed by atoms with Gasteiger partial charge in [0.2, 0.25) is 0 Å². The largest absolute Gasteiger partial charge is 0.385 e. The number of aromatic nitrogens is 2. The van der Waals surface area contributed by atoms with E-state index < -0.39 is 0 Å². The van der Waals surface area contributed by atoms with Crippen molar-refractivity contribution in [3.63, 3.8) is 0 Å². The monoisotopic (exact) mass is 215 g/mol. The molecule has 3 nitrogen and oxygen atoms in total. The zero-order valence-electron chi connectivity index (χ0n) is 8.50. The summed E-state index contributed by atoms with van der Waals surface area (Å²) in [6.45, 7) is 0.677. The number of rotatable bonds is 1. The van der Waals surface area contributed by atoms with Gasteiger partial charge >= 0.3 is 0 Å². The van der Waals surface area contributed by atoms with E-state index in [0.29, 0.717) is 17.9 Å². The van der Waals surface area contributed by atoms with Crippen LogP contribution in [-0.4, -0.2) is 9.97 Å². The molecule has 1 aromatic heterocycles. The highest BCUT2D eigenvalue weighted by Gasteiger charge is 2.13. The second-order valence-corrected chi connectivity index (χ2v) is 3.64. The number of H-pyrrole nitrogens is 1. The number of halogens is 1. The van der Waals surface area contributed by atoms with Crippen LogP contribution >= 0.6 is 0 Å². The Balaban J connectivity index is 2.11. The first-order valence-electron chi connectivity index (χ1n) is 5.08. The summed E-state index contributed by atoms with van der Waals surface area (Å²) < 4.78 is 13.5. The van der Waals surface area contributed by atoms with Crippen LogP contribution in [0, 0.1) is 5.82 Å². The second-order valence-electron chi connectivity index (χ2n) is 3.64. The van der Waals surface area contributed by atoms with Crippen LogP contribution in [0.4, 0.5) is 4.39 Å². The molecule has 2 N–H and O–H groups in total. The molecule has 1 aromatic carbocycles. The van der Waals surface area contributed by atoms with Gasteiger partial charge in [0.15, 0.2) is 0 Å². The fraction of sp³-hybridized carbons (Fsp3) is 0.0833. The van der Waals surface area contributed by atoms with Crippen LogP contribution < -0.4 is 5.32 Å². The van der Waals surface area contributed by atoms with E-state index in [1.54, 1.807) is 18.2 Å². The Morgan fingerprint density at radius 2 is 2.12 bits per heavy atom. The van der Waals surface area contributed by atoms with Gasteiger partial charge in [-0.1, -0.05) is 12.1 Å². The van der Waals surface area contributed by atoms with E-state index in [1.165, 1.54) is 6.07 Å². The molecule has 4 heteroatoms. The van der Waals surface area contributed by atoms with Crippen LogP contribution in [0.5, 0.6) is 0 Å². The summed E-state index contributed by atoms with van der Waals surface area (Å²) in [6, 6.07) is 6.62. The van der Waals surface area contributed by atoms with Crippen molar-refractivity contribution in [2.45, 2.75) is 6.54 Å². The minimum atomic E-state index is -0.259. The quantitative estimate of drug-likeness (QED) is 0.766. The maximum absolute atomic E-state index is 13.5. The number of aromatic amines is 1. The molecule has 1 aliphatic rings. The number of benzene rings is 1. The van der Waals surface area contributed by atoms with Gasteiger partial charge in [0, 0.05) is 0 Å². The molecule has 0 aliphatic carbocycles. The van der Waals surface area contributed by atoms with Crippen molar-refractivity contribution in [2.24, 2.45) is 0 Å². The molecule has 3 rings (SSSR count). The first kappa shape index (κ1) is 9.15. The average Bonchev–Trinajstić information content (AvgIpc) is 2.73. The lowest BCUT2D eigenvalue weighted by atomic mass is 10.2. The van der Waals surface area contributed by atoms with Crippen LogP contribution in [0.2, 0.25) is 0 Å². The topological polar surface area (TPSA) is 40.7 Å². The number of nitrogens with one attached hydrogen (secondary N) is 2. The van der Waals surface area contributed by atoms with E-state index in [1.807, 2.05) is 12.3 Å². The van der Waals surface area contributed by atoms with Gasteiger partial charge in [0.1, 0.15) is 11.6 Å². The molecule has 0 radical (unpaired) electrons. The highest BCUT2D eigenvalue weighted by Crippen LogP contribution is 2.22. The van der Waals surface area contributed by atoms with Gasteiger partial charge in [-0.2, -0.15) is 0 Å². The second kappa shape index (κ2) is 3.48. The molecule has 0 unspecified atom stereocenters. The molecule has 0 atom stereocenters. The van der Waals surface area contributed by atoms with Crippen molar-refractivity contribution in [1.82, 2.24) is 15.3 Å². The minimum Gasteiger partial charge on any atom is -0.385 e. The maximum atomic E-state index is 13.5. The van der Waals surface area contributed by atoms with Gasteiger partial charge in [0.25, 0.3) is 0 Å². The van der Waals surface area contributed by atoms with Crippen molar-refractivity contribution >= 4 is 6.08 Å². The molecular formula is C12H10FN3. The summed E-state index contributed by atoms with van der Waals surface area (Å²) in [6.07, 6.45) is 3.75. The summed E-state index contributed by atoms with van der Waals surface area (Å²) in [5, 5.41) is 3.06. The van der Waals surface area contributed by atoms with E-state index >= 15 is 0 Å². The fourth-order valence-corrected chi connectivity index (χ4v) is 1.77. The molecule has 0 amide bonds. The zero-order chi connectivity index (χ0) is 11.0. The minimum absolute atomic E-state index is 0.259. The Morgan fingerprint density at radius 3 is 2.94 bits per heavy atom. The zero-order valence-corrected chi connectivity index (χ0v) is 8.50. The lowest BCUT2D eigenvalue weighted by Crippen LogP contribution is -2.09. The van der Waals surface area contributed by atoms with Gasteiger partial charge in [-0.05, 0) is 24.4 Å². The van der Waals surface area contributed by atoms with E-state index in [-0.39, 0.29) is 5.82 Å². The van der Waals surface area contributed by atoms with Crippen LogP contribution in [0.3, 0.4) is 0 Å². The summed E-state index contributed by atoms with van der Waals surface area (Å²) in [5.74, 6) is 0.321. The first-order chi connectivity index (χ1) is 7.84. The maximum Gasteiger partial charge on any atom is 0.141 e. The summed E-state index contributed by atoms with van der Waals surface area (Å²) in [4.78, 5) is 7.49. The summed E-state index contributed by atoms with van der Waals surface area (Å²) in [5.41, 5.74) is 2.36. The Kier molecular flexibility index (Phi) is 1.99. The molecule has 0 bridgehead atoms. The van der Waals surface area contributed by atoms with Gasteiger partial charge in [-0.3, -0.25) is 0 Å². The standard InChI is InChI=1S/C12H10FN3/c13-9-4-2-1-3-8(9)12-15-10-5-6-14-7-11(10)16-12/h1-6,14H,7H2,(H,15,16). The van der Waals surface area contributed by atoms with Crippen molar-refractivity contribution in [3.05, 3.63) is 47.7 Å². The van der Waals surface area contributed by atoms with Gasteiger partial charge < -0.3 is 10.3 Å². The van der Waals surface area contributed by atoms with Gasteiger partial charge in [-0.25, -0.2) is 9.37 Å². The van der Waals surface area contributed by atoms with E-state index in [4.69, 9.17) is 0 Å². The molecule has 1 aliphatic heterocycles. The average molecular weight is 215 g/mol. The van der Waals surface area contributed by atoms with E-state index in [2.05, 4.69) is 15.3 Å². The third kappa shape index (κ3) is 1.39. The van der Waals surface area contributed by atoms with Crippen molar-refractivity contribution < 1.29 is 4.39 Å². The van der Waals surface area contributed by atoms with Crippen LogP contribution in [0.15, 0.2) is 30.5 Å². The molecule has 0 saturated heterocycles. The lowest BCUT2D eigenvalue weighted by Gasteiger charge is -2.03. The fourth-order valence-electron chi connectivity index (χ4n) is 1.77. The van der Waals surface area contributed by atoms with Gasteiger partial charge in [0.05, 0.1) is 23.5 Å². The third-order valence-corrected chi connectivity index (χ3v) is 2.58. The van der Waals surface area contributed by atoms with Crippen molar-refractivity contribution in [3.8, 4) is 11.4 Å². The van der Waals surface area contributed by atoms with Crippen LogP contribution in [-0.2, 0) is 6.54 Å². The Labute approximate surface area is 92.0 Å². The molecule has 16 heavy (non-hydrogen) atoms. The smallest absolute Gasteiger partial charge is 0.141 e. The number of nitrogens with zero attached hydrogens (tertiary/aromatic N) is 1. The Hall–Kier alpha value is -2.10.